The van der Waals surface area contributed by atoms with Crippen LogP contribution in [0.3, 0.4) is 0 Å². The number of halogens is 1. The van der Waals surface area contributed by atoms with Crippen molar-refractivity contribution in [1.29, 1.82) is 0 Å². The lowest BCUT2D eigenvalue weighted by Gasteiger charge is -2.29. The van der Waals surface area contributed by atoms with Gasteiger partial charge in [-0.2, -0.15) is 11.8 Å². The molecule has 0 radical (unpaired) electrons. The number of thioether (sulfide) groups is 1. The van der Waals surface area contributed by atoms with Gasteiger partial charge in [0.1, 0.15) is 0 Å². The SMILES string of the molecule is CCC(CC)(CNC(=O)CCCl)SC. The lowest BCUT2D eigenvalue weighted by Crippen LogP contribution is -2.39. The molecule has 0 aromatic rings. The third kappa shape index (κ3) is 4.56. The summed E-state index contributed by atoms with van der Waals surface area (Å²) in [4.78, 5) is 11.2. The number of carbonyl (C=O) groups excluding carboxylic acids is 1. The summed E-state index contributed by atoms with van der Waals surface area (Å²) in [7, 11) is 0. The van der Waals surface area contributed by atoms with Crippen molar-refractivity contribution in [3.05, 3.63) is 0 Å². The molecular formula is C10H20ClNOS. The van der Waals surface area contributed by atoms with Crippen LogP contribution in [0.25, 0.3) is 0 Å². The van der Waals surface area contributed by atoms with Gasteiger partial charge in [-0.1, -0.05) is 13.8 Å². The average molecular weight is 238 g/mol. The summed E-state index contributed by atoms with van der Waals surface area (Å²) in [5.74, 6) is 0.455. The van der Waals surface area contributed by atoms with E-state index in [1.165, 1.54) is 0 Å². The molecule has 14 heavy (non-hydrogen) atoms. The van der Waals surface area contributed by atoms with E-state index < -0.39 is 0 Å². The quantitative estimate of drug-likeness (QED) is 0.690. The standard InChI is InChI=1S/C10H20ClNOS/c1-4-10(5-2,14-3)8-12-9(13)6-7-11/h4-8H2,1-3H3,(H,12,13). The lowest BCUT2D eigenvalue weighted by molar-refractivity contribution is -0.120. The van der Waals surface area contributed by atoms with E-state index in [9.17, 15) is 4.79 Å². The van der Waals surface area contributed by atoms with Gasteiger partial charge < -0.3 is 5.32 Å². The van der Waals surface area contributed by atoms with Crippen molar-refractivity contribution in [3.63, 3.8) is 0 Å². The van der Waals surface area contributed by atoms with Crippen LogP contribution in [0.4, 0.5) is 0 Å². The Morgan fingerprint density at radius 1 is 1.43 bits per heavy atom. The Kier molecular flexibility index (Phi) is 7.47. The van der Waals surface area contributed by atoms with Crippen LogP contribution in [0.2, 0.25) is 0 Å². The maximum atomic E-state index is 11.2. The molecule has 0 rings (SSSR count). The van der Waals surface area contributed by atoms with Crippen LogP contribution in [0, 0.1) is 0 Å². The van der Waals surface area contributed by atoms with Gasteiger partial charge in [0.05, 0.1) is 0 Å². The molecular weight excluding hydrogens is 218 g/mol. The minimum absolute atomic E-state index is 0.0559. The number of carbonyl (C=O) groups is 1. The second-order valence-corrected chi connectivity index (χ2v) is 4.96. The van der Waals surface area contributed by atoms with Crippen molar-refractivity contribution in [2.75, 3.05) is 18.7 Å². The van der Waals surface area contributed by atoms with Crippen LogP contribution >= 0.6 is 23.4 Å². The van der Waals surface area contributed by atoms with Crippen LogP contribution in [-0.2, 0) is 4.79 Å². The van der Waals surface area contributed by atoms with Gasteiger partial charge >= 0.3 is 0 Å². The number of hydrogen-bond donors (Lipinski definition) is 1. The first-order chi connectivity index (χ1) is 6.64. The summed E-state index contributed by atoms with van der Waals surface area (Å²) < 4.78 is 0.196. The van der Waals surface area contributed by atoms with Gasteiger partial charge in [0, 0.05) is 23.6 Å². The number of alkyl halides is 1. The van der Waals surface area contributed by atoms with E-state index in [2.05, 4.69) is 25.4 Å². The monoisotopic (exact) mass is 237 g/mol. The molecule has 4 heteroatoms. The second kappa shape index (κ2) is 7.41. The van der Waals surface area contributed by atoms with Crippen LogP contribution < -0.4 is 5.32 Å². The molecule has 0 bridgehead atoms. The first-order valence-corrected chi connectivity index (χ1v) is 6.78. The zero-order chi connectivity index (χ0) is 11.0. The van der Waals surface area contributed by atoms with Crippen LogP contribution in [-0.4, -0.2) is 29.3 Å². The molecule has 0 fully saturated rings. The predicted octanol–water partition coefficient (Wildman–Crippen LogP) is 2.65. The van der Waals surface area contributed by atoms with Crippen LogP contribution in [0.1, 0.15) is 33.1 Å². The Morgan fingerprint density at radius 2 is 2.00 bits per heavy atom. The van der Waals surface area contributed by atoms with Gasteiger partial charge in [0.25, 0.3) is 0 Å². The number of hydrogen-bond acceptors (Lipinski definition) is 2. The van der Waals surface area contributed by atoms with Gasteiger partial charge in [-0.05, 0) is 19.1 Å². The molecule has 0 aromatic heterocycles. The Balaban J connectivity index is 3.99. The molecule has 2 nitrogen and oxygen atoms in total. The van der Waals surface area contributed by atoms with Crippen molar-refractivity contribution in [2.45, 2.75) is 37.9 Å². The second-order valence-electron chi connectivity index (χ2n) is 3.31. The zero-order valence-corrected chi connectivity index (χ0v) is 10.8. The average Bonchev–Trinajstić information content (AvgIpc) is 2.21. The largest absolute Gasteiger partial charge is 0.355 e. The van der Waals surface area contributed by atoms with E-state index in [-0.39, 0.29) is 10.7 Å². The molecule has 0 aliphatic carbocycles. The Morgan fingerprint density at radius 3 is 2.36 bits per heavy atom. The Hall–Kier alpha value is 0.110. The van der Waals surface area contributed by atoms with Crippen molar-refractivity contribution in [1.82, 2.24) is 5.32 Å². The first kappa shape index (κ1) is 14.1. The molecule has 0 atom stereocenters. The fourth-order valence-corrected chi connectivity index (χ4v) is 2.26. The molecule has 0 aliphatic rings. The summed E-state index contributed by atoms with van der Waals surface area (Å²) in [5.41, 5.74) is 0. The van der Waals surface area contributed by atoms with E-state index in [1.54, 1.807) is 0 Å². The van der Waals surface area contributed by atoms with Crippen molar-refractivity contribution >= 4 is 29.3 Å². The van der Waals surface area contributed by atoms with E-state index in [1.807, 2.05) is 11.8 Å². The van der Waals surface area contributed by atoms with Crippen molar-refractivity contribution in [2.24, 2.45) is 0 Å². The summed E-state index contributed by atoms with van der Waals surface area (Å²) in [6.45, 7) is 5.07. The molecule has 1 N–H and O–H groups in total. The first-order valence-electron chi connectivity index (χ1n) is 5.02. The minimum Gasteiger partial charge on any atom is -0.355 e. The van der Waals surface area contributed by atoms with Crippen LogP contribution in [0.15, 0.2) is 0 Å². The summed E-state index contributed by atoms with van der Waals surface area (Å²) in [5, 5.41) is 2.93. The smallest absolute Gasteiger partial charge is 0.221 e. The molecule has 0 aromatic carbocycles. The Bertz CT molecular complexity index is 163. The molecule has 1 amide bonds. The lowest BCUT2D eigenvalue weighted by atomic mass is 10.0. The van der Waals surface area contributed by atoms with Gasteiger partial charge in [-0.15, -0.1) is 11.6 Å². The van der Waals surface area contributed by atoms with Gasteiger partial charge in [0.2, 0.25) is 5.91 Å². The molecule has 0 saturated carbocycles. The maximum absolute atomic E-state index is 11.2. The topological polar surface area (TPSA) is 29.1 Å². The highest BCUT2D eigenvalue weighted by molar-refractivity contribution is 8.00. The third-order valence-corrected chi connectivity index (χ3v) is 4.43. The van der Waals surface area contributed by atoms with E-state index >= 15 is 0 Å². The number of rotatable bonds is 7. The maximum Gasteiger partial charge on any atom is 0.221 e. The highest BCUT2D eigenvalue weighted by atomic mass is 35.5. The normalized spacial score (nSPS) is 11.4. The molecule has 0 unspecified atom stereocenters. The predicted molar refractivity (Wildman–Crippen MR) is 65.2 cm³/mol. The zero-order valence-electron chi connectivity index (χ0n) is 9.23. The molecule has 0 saturated heterocycles. The summed E-state index contributed by atoms with van der Waals surface area (Å²) in [6, 6.07) is 0. The molecule has 0 spiro atoms. The van der Waals surface area contributed by atoms with Gasteiger partial charge in [-0.3, -0.25) is 4.79 Å². The number of amides is 1. The highest BCUT2D eigenvalue weighted by Crippen LogP contribution is 2.29. The highest BCUT2D eigenvalue weighted by Gasteiger charge is 2.24. The Labute approximate surface area is 96.2 Å². The fraction of sp³-hybridized carbons (Fsp3) is 0.900. The third-order valence-electron chi connectivity index (χ3n) is 2.65. The number of nitrogens with one attached hydrogen (secondary N) is 1. The van der Waals surface area contributed by atoms with Gasteiger partial charge in [0.15, 0.2) is 0 Å². The fourth-order valence-electron chi connectivity index (χ4n) is 1.29. The molecule has 0 aliphatic heterocycles. The van der Waals surface area contributed by atoms with Crippen molar-refractivity contribution in [3.8, 4) is 0 Å². The van der Waals surface area contributed by atoms with E-state index in [0.717, 1.165) is 19.4 Å². The van der Waals surface area contributed by atoms with E-state index in [4.69, 9.17) is 11.6 Å². The molecule has 84 valence electrons. The van der Waals surface area contributed by atoms with Gasteiger partial charge in [-0.25, -0.2) is 0 Å². The summed E-state index contributed by atoms with van der Waals surface area (Å²) >= 11 is 7.31. The summed E-state index contributed by atoms with van der Waals surface area (Å²) in [6.07, 6.45) is 4.66. The minimum atomic E-state index is 0.0559. The van der Waals surface area contributed by atoms with E-state index in [0.29, 0.717) is 12.3 Å². The molecule has 0 heterocycles. The van der Waals surface area contributed by atoms with Crippen LogP contribution in [0.5, 0.6) is 0 Å². The van der Waals surface area contributed by atoms with Crippen molar-refractivity contribution < 1.29 is 4.79 Å².